The molecule has 22 aromatic rings. The number of fused-ring (bicyclic) bond motifs is 18. The average Bonchev–Trinajstić information content (AvgIpc) is 0.969. The largest absolute Gasteiger partial charge is 0.309 e. The van der Waals surface area contributed by atoms with Crippen molar-refractivity contribution in [2.75, 3.05) is 9.80 Å². The molecule has 0 fully saturated rings. The second kappa shape index (κ2) is 24.6. The Balaban J connectivity index is 0.707. The maximum atomic E-state index is 2.59. The Bertz CT molecular complexity index is 7380. The molecule has 0 unspecified atom stereocenters. The van der Waals surface area contributed by atoms with E-state index >= 15 is 0 Å². The standard InChI is InChI=1S/C100H60N2S4/c1-2-23-61(24-3-1)95-80-38-8-4-31-72(80)75-34-7-11-41-83(75)98(95)102(88-45-22-44-84-77-36-13-17-48-91(77)106-100(84)88)69-30-20-27-66(57-69)71-42-21-43-85-86-58-64(50-53-93(86)105-99(71)85)62-25-18-28-67(55-62)96-81-39-9-5-32-73(81)74-33-6-10-40-82(74)97(96)101(70-51-54-92-87(60-70)78-37-14-16-47-90(78)103-92)68-29-19-26-63(56-68)65-49-52-79-76-35-12-15-46-89(76)104-94(79)59-65/h1-60H. The lowest BCUT2D eigenvalue weighted by molar-refractivity contribution is 1.31. The molecule has 0 N–H and O–H groups in total. The highest BCUT2D eigenvalue weighted by molar-refractivity contribution is 7.27. The van der Waals surface area contributed by atoms with Crippen molar-refractivity contribution in [1.29, 1.82) is 0 Å². The molecule has 0 spiro atoms. The molecule has 2 nitrogen and oxygen atoms in total. The average molecular weight is 1420 g/mol. The van der Waals surface area contributed by atoms with Crippen LogP contribution in [0.3, 0.4) is 0 Å². The Labute approximate surface area is 627 Å². The summed E-state index contributed by atoms with van der Waals surface area (Å²) in [6.45, 7) is 0. The van der Waals surface area contributed by atoms with Crippen LogP contribution in [0.1, 0.15) is 0 Å². The van der Waals surface area contributed by atoms with E-state index in [1.54, 1.807) is 0 Å². The fourth-order valence-electron chi connectivity index (χ4n) is 17.1. The molecule has 22 rings (SSSR count). The van der Waals surface area contributed by atoms with Gasteiger partial charge in [0, 0.05) is 115 Å². The first-order valence-electron chi connectivity index (χ1n) is 36.1. The second-order valence-corrected chi connectivity index (χ2v) is 32.0. The summed E-state index contributed by atoms with van der Waals surface area (Å²) in [6, 6.07) is 137. The molecule has 18 aromatic carbocycles. The molecule has 0 radical (unpaired) electrons. The van der Waals surface area contributed by atoms with Crippen molar-refractivity contribution in [2.24, 2.45) is 0 Å². The van der Waals surface area contributed by atoms with E-state index in [1.165, 1.54) is 168 Å². The first kappa shape index (κ1) is 61.0. The van der Waals surface area contributed by atoms with Gasteiger partial charge >= 0.3 is 0 Å². The molecule has 0 saturated carbocycles. The van der Waals surface area contributed by atoms with Crippen LogP contribution in [0.4, 0.5) is 34.1 Å². The van der Waals surface area contributed by atoms with Crippen molar-refractivity contribution in [3.05, 3.63) is 364 Å². The van der Waals surface area contributed by atoms with Crippen LogP contribution in [0.5, 0.6) is 0 Å². The fourth-order valence-corrected chi connectivity index (χ4v) is 21.7. The number of rotatable bonds is 11. The minimum atomic E-state index is 1.09. The molecule has 0 saturated heterocycles. The molecule has 0 atom stereocenters. The summed E-state index contributed by atoms with van der Waals surface area (Å²) < 4.78 is 10.2. The number of thiophene rings is 4. The van der Waals surface area contributed by atoms with Crippen LogP contribution in [-0.2, 0) is 0 Å². The number of benzene rings is 18. The minimum absolute atomic E-state index is 1.09. The van der Waals surface area contributed by atoms with Crippen LogP contribution in [0.2, 0.25) is 0 Å². The molecular formula is C100H60N2S4. The van der Waals surface area contributed by atoms with Crippen LogP contribution in [0.25, 0.3) is 179 Å². The number of hydrogen-bond acceptors (Lipinski definition) is 6. The zero-order chi connectivity index (χ0) is 69.5. The first-order chi connectivity index (χ1) is 52.6. The molecule has 0 amide bonds. The van der Waals surface area contributed by atoms with Crippen LogP contribution in [0, 0.1) is 0 Å². The molecule has 4 aromatic heterocycles. The molecule has 0 aliphatic heterocycles. The third-order valence-corrected chi connectivity index (χ3v) is 26.5. The highest BCUT2D eigenvalue weighted by Crippen LogP contribution is 2.56. The van der Waals surface area contributed by atoms with E-state index < -0.39 is 0 Å². The Morgan fingerprint density at radius 3 is 1.25 bits per heavy atom. The van der Waals surface area contributed by atoms with Gasteiger partial charge in [-0.25, -0.2) is 0 Å². The third kappa shape index (κ3) is 9.73. The van der Waals surface area contributed by atoms with Crippen LogP contribution < -0.4 is 9.80 Å². The Kier molecular flexibility index (Phi) is 14.1. The Morgan fingerprint density at radius 2 is 0.557 bits per heavy atom. The summed E-state index contributed by atoms with van der Waals surface area (Å²) >= 11 is 7.50. The zero-order valence-corrected chi connectivity index (χ0v) is 60.4. The third-order valence-electron chi connectivity index (χ3n) is 21.8. The highest BCUT2D eigenvalue weighted by Gasteiger charge is 2.29. The van der Waals surface area contributed by atoms with Crippen molar-refractivity contribution in [2.45, 2.75) is 0 Å². The van der Waals surface area contributed by atoms with E-state index in [0.717, 1.165) is 45.3 Å². The van der Waals surface area contributed by atoms with Gasteiger partial charge in [0.1, 0.15) is 0 Å². The summed E-state index contributed by atoms with van der Waals surface area (Å²) in [5.74, 6) is 0. The zero-order valence-electron chi connectivity index (χ0n) is 57.2. The first-order valence-corrected chi connectivity index (χ1v) is 39.4. The predicted octanol–water partition coefficient (Wildman–Crippen LogP) is 31.0. The smallest absolute Gasteiger partial charge is 0.0640 e. The molecule has 4 heterocycles. The quantitative estimate of drug-likeness (QED) is 0.119. The van der Waals surface area contributed by atoms with Crippen molar-refractivity contribution in [3.8, 4) is 55.6 Å². The van der Waals surface area contributed by atoms with E-state index in [2.05, 4.69) is 374 Å². The molecule has 6 heteroatoms. The van der Waals surface area contributed by atoms with Crippen molar-refractivity contribution in [3.63, 3.8) is 0 Å². The highest BCUT2D eigenvalue weighted by atomic mass is 32.1. The number of nitrogens with zero attached hydrogens (tertiary/aromatic N) is 2. The lowest BCUT2D eigenvalue weighted by atomic mass is 9.88. The monoisotopic (exact) mass is 1420 g/mol. The van der Waals surface area contributed by atoms with E-state index in [-0.39, 0.29) is 0 Å². The van der Waals surface area contributed by atoms with Gasteiger partial charge in [0.2, 0.25) is 0 Å². The van der Waals surface area contributed by atoms with Gasteiger partial charge in [0.15, 0.2) is 0 Å². The van der Waals surface area contributed by atoms with Gasteiger partial charge in [-0.3, -0.25) is 0 Å². The SMILES string of the molecule is c1ccc(-c2c(N(c3cccc(-c4cccc5c4sc4ccc(-c6cccc(-c7c(N(c8cccc(-c9ccc%10c(c9)sc9ccccc9%10)c8)c8ccc9sc%10ccccc%10c9c8)c8ccccc8c8ccccc78)c6)cc45)c3)c3cccc4c3sc3ccccc34)c3ccccc3c3ccccc23)cc1. The summed E-state index contributed by atoms with van der Waals surface area (Å²) in [6.07, 6.45) is 0. The fraction of sp³-hybridized carbons (Fsp3) is 0. The molecule has 106 heavy (non-hydrogen) atoms. The van der Waals surface area contributed by atoms with Gasteiger partial charge in [-0.05, 0) is 168 Å². The maximum absolute atomic E-state index is 2.59. The molecule has 0 bridgehead atoms. The second-order valence-electron chi connectivity index (χ2n) is 27.7. The van der Waals surface area contributed by atoms with Gasteiger partial charge < -0.3 is 9.80 Å². The van der Waals surface area contributed by atoms with Gasteiger partial charge in [-0.2, -0.15) is 0 Å². The van der Waals surface area contributed by atoms with Crippen LogP contribution in [0.15, 0.2) is 364 Å². The number of anilines is 6. The number of hydrogen-bond donors (Lipinski definition) is 0. The lowest BCUT2D eigenvalue weighted by Crippen LogP contribution is -2.12. The van der Waals surface area contributed by atoms with Gasteiger partial charge in [-0.1, -0.05) is 273 Å². The van der Waals surface area contributed by atoms with E-state index in [9.17, 15) is 0 Å². The molecule has 0 aliphatic carbocycles. The lowest BCUT2D eigenvalue weighted by Gasteiger charge is -2.31. The van der Waals surface area contributed by atoms with Crippen molar-refractivity contribution in [1.82, 2.24) is 0 Å². The summed E-state index contributed by atoms with van der Waals surface area (Å²) in [4.78, 5) is 5.15. The molecule has 494 valence electrons. The summed E-state index contributed by atoms with van der Waals surface area (Å²) in [5.41, 5.74) is 18.5. The minimum Gasteiger partial charge on any atom is -0.309 e. The topological polar surface area (TPSA) is 6.48 Å². The molecule has 0 aliphatic rings. The van der Waals surface area contributed by atoms with Crippen molar-refractivity contribution >= 4 is 203 Å². The van der Waals surface area contributed by atoms with Gasteiger partial charge in [0.05, 0.1) is 21.8 Å². The normalized spacial score (nSPS) is 12.0. The predicted molar refractivity (Wildman–Crippen MR) is 465 cm³/mol. The van der Waals surface area contributed by atoms with E-state index in [4.69, 9.17) is 0 Å². The Morgan fingerprint density at radius 1 is 0.170 bits per heavy atom. The van der Waals surface area contributed by atoms with Gasteiger partial charge in [-0.15, -0.1) is 45.3 Å². The maximum Gasteiger partial charge on any atom is 0.0640 e. The van der Waals surface area contributed by atoms with E-state index in [0.29, 0.717) is 0 Å². The molecular weight excluding hydrogens is 1360 g/mol. The summed E-state index contributed by atoms with van der Waals surface area (Å²) in [7, 11) is 0. The van der Waals surface area contributed by atoms with Crippen LogP contribution >= 0.6 is 45.3 Å². The van der Waals surface area contributed by atoms with Crippen LogP contribution in [-0.4, -0.2) is 0 Å². The van der Waals surface area contributed by atoms with E-state index in [1.807, 2.05) is 45.3 Å². The van der Waals surface area contributed by atoms with Crippen molar-refractivity contribution < 1.29 is 0 Å². The van der Waals surface area contributed by atoms with Gasteiger partial charge in [0.25, 0.3) is 0 Å². The summed E-state index contributed by atoms with van der Waals surface area (Å²) in [5, 5.41) is 19.9. The Hall–Kier alpha value is -12.5.